The lowest BCUT2D eigenvalue weighted by Crippen LogP contribution is -2.11. The molecule has 0 saturated heterocycles. The Morgan fingerprint density at radius 1 is 1.25 bits per heavy atom. The Morgan fingerprint density at radius 3 is 2.79 bits per heavy atom. The zero-order valence-corrected chi connectivity index (χ0v) is 14.1. The second-order valence-electron chi connectivity index (χ2n) is 5.04. The Kier molecular flexibility index (Phi) is 5.18. The normalized spacial score (nSPS) is 11.0. The zero-order chi connectivity index (χ0) is 16.8. The molecule has 0 aliphatic heterocycles. The fourth-order valence-electron chi connectivity index (χ4n) is 2.07. The third-order valence-corrected chi connectivity index (χ3v) is 4.06. The van der Waals surface area contributed by atoms with Crippen LogP contribution in [0.4, 0.5) is 0 Å². The van der Waals surface area contributed by atoms with E-state index in [1.165, 1.54) is 22.1 Å². The van der Waals surface area contributed by atoms with Crippen molar-refractivity contribution in [2.24, 2.45) is 0 Å². The van der Waals surface area contributed by atoms with Crippen molar-refractivity contribution in [3.8, 4) is 16.7 Å². The van der Waals surface area contributed by atoms with E-state index in [4.69, 9.17) is 4.74 Å². The molecule has 0 N–H and O–H groups in total. The first-order valence-electron chi connectivity index (χ1n) is 7.69. The van der Waals surface area contributed by atoms with Gasteiger partial charge < -0.3 is 4.74 Å². The molecule has 24 heavy (non-hydrogen) atoms. The minimum atomic E-state index is -0.263. The Labute approximate surface area is 144 Å². The smallest absolute Gasteiger partial charge is 0.336 e. The first-order chi connectivity index (χ1) is 11.8. The van der Waals surface area contributed by atoms with Crippen LogP contribution < -0.4 is 4.74 Å². The van der Waals surface area contributed by atoms with Crippen LogP contribution in [0.5, 0.6) is 6.01 Å². The minimum Gasteiger partial charge on any atom is -0.462 e. The van der Waals surface area contributed by atoms with Crippen LogP contribution >= 0.6 is 11.3 Å². The molecular formula is C18H17N3O2S. The summed E-state index contributed by atoms with van der Waals surface area (Å²) in [6, 6.07) is 13.7. The summed E-state index contributed by atoms with van der Waals surface area (Å²) in [5.74, 6) is 0.236. The molecule has 6 heteroatoms. The molecule has 122 valence electrons. The summed E-state index contributed by atoms with van der Waals surface area (Å²) in [5, 5.41) is 6.14. The van der Waals surface area contributed by atoms with Gasteiger partial charge >= 0.3 is 6.01 Å². The molecule has 0 atom stereocenters. The Morgan fingerprint density at radius 2 is 2.08 bits per heavy atom. The summed E-state index contributed by atoms with van der Waals surface area (Å²) in [5.41, 5.74) is 0.950. The van der Waals surface area contributed by atoms with Crippen molar-refractivity contribution in [1.82, 2.24) is 14.8 Å². The lowest BCUT2D eigenvalue weighted by Gasteiger charge is -1.98. The van der Waals surface area contributed by atoms with Gasteiger partial charge in [-0.3, -0.25) is 4.79 Å². The number of carbonyl (C=O) groups excluding carboxylic acids is 1. The molecule has 0 spiro atoms. The molecule has 0 fully saturated rings. The summed E-state index contributed by atoms with van der Waals surface area (Å²) in [4.78, 5) is 17.8. The van der Waals surface area contributed by atoms with E-state index in [9.17, 15) is 4.79 Å². The number of nitrogens with zero attached hydrogens (tertiary/aromatic N) is 3. The highest BCUT2D eigenvalue weighted by molar-refractivity contribution is 7.13. The standard InChI is InChI=1S/C18H17N3O2S/c1-2-12-23-18-19-17(15-9-6-13-24-15)21(20-18)16(22)11-10-14-7-4-3-5-8-14/h3-11,13H,2,12H2,1H3/b11-10+. The number of hydrogen-bond donors (Lipinski definition) is 0. The highest BCUT2D eigenvalue weighted by atomic mass is 32.1. The third-order valence-electron chi connectivity index (χ3n) is 3.19. The largest absolute Gasteiger partial charge is 0.462 e. The van der Waals surface area contributed by atoms with Crippen molar-refractivity contribution in [3.63, 3.8) is 0 Å². The molecule has 0 aliphatic rings. The lowest BCUT2D eigenvalue weighted by molar-refractivity contribution is 0.0955. The van der Waals surface area contributed by atoms with Crippen LogP contribution in [0.3, 0.4) is 0 Å². The predicted molar refractivity (Wildman–Crippen MR) is 95.2 cm³/mol. The quantitative estimate of drug-likeness (QED) is 0.633. The van der Waals surface area contributed by atoms with E-state index < -0.39 is 0 Å². The van der Waals surface area contributed by atoms with Gasteiger partial charge in [0.1, 0.15) is 0 Å². The highest BCUT2D eigenvalue weighted by Crippen LogP contribution is 2.24. The third kappa shape index (κ3) is 3.78. The van der Waals surface area contributed by atoms with Crippen molar-refractivity contribution >= 4 is 23.3 Å². The molecule has 2 heterocycles. The minimum absolute atomic E-state index is 0.224. The maximum atomic E-state index is 12.5. The molecule has 0 saturated carbocycles. The summed E-state index contributed by atoms with van der Waals surface area (Å²) < 4.78 is 6.76. The molecule has 3 rings (SSSR count). The van der Waals surface area contributed by atoms with E-state index >= 15 is 0 Å². The van der Waals surface area contributed by atoms with Gasteiger partial charge in [-0.15, -0.1) is 16.4 Å². The average Bonchev–Trinajstić information content (AvgIpc) is 3.28. The van der Waals surface area contributed by atoms with E-state index in [0.717, 1.165) is 16.9 Å². The monoisotopic (exact) mass is 339 g/mol. The molecule has 1 aromatic carbocycles. The van der Waals surface area contributed by atoms with Crippen LogP contribution in [0.1, 0.15) is 23.7 Å². The van der Waals surface area contributed by atoms with Gasteiger partial charge in [0.05, 0.1) is 11.5 Å². The molecule has 0 bridgehead atoms. The summed E-state index contributed by atoms with van der Waals surface area (Å²) in [7, 11) is 0. The fourth-order valence-corrected chi connectivity index (χ4v) is 2.77. The first-order valence-corrected chi connectivity index (χ1v) is 8.57. The number of ether oxygens (including phenoxy) is 1. The first kappa shape index (κ1) is 16.1. The van der Waals surface area contributed by atoms with Gasteiger partial charge in [-0.2, -0.15) is 9.67 Å². The predicted octanol–water partition coefficient (Wildman–Crippen LogP) is 4.15. The fraction of sp³-hybridized carbons (Fsp3) is 0.167. The molecule has 2 aromatic heterocycles. The molecule has 0 aliphatic carbocycles. The van der Waals surface area contributed by atoms with Crippen LogP contribution in [0.2, 0.25) is 0 Å². The second kappa shape index (κ2) is 7.70. The van der Waals surface area contributed by atoms with Gasteiger partial charge in [0.25, 0.3) is 5.91 Å². The van der Waals surface area contributed by atoms with Crippen LogP contribution in [0.25, 0.3) is 16.8 Å². The summed E-state index contributed by atoms with van der Waals surface area (Å²) >= 11 is 1.50. The van der Waals surface area contributed by atoms with Crippen LogP contribution in [0.15, 0.2) is 53.9 Å². The van der Waals surface area contributed by atoms with Crippen molar-refractivity contribution in [3.05, 3.63) is 59.5 Å². The van der Waals surface area contributed by atoms with Crippen LogP contribution in [-0.2, 0) is 0 Å². The number of aromatic nitrogens is 3. The van der Waals surface area contributed by atoms with Crippen molar-refractivity contribution in [1.29, 1.82) is 0 Å². The Bertz CT molecular complexity index is 823. The maximum Gasteiger partial charge on any atom is 0.336 e. The molecule has 0 amide bonds. The van der Waals surface area contributed by atoms with Crippen molar-refractivity contribution in [2.75, 3.05) is 6.61 Å². The number of hydrogen-bond acceptors (Lipinski definition) is 5. The summed E-state index contributed by atoms with van der Waals surface area (Å²) in [6.45, 7) is 2.52. The second-order valence-corrected chi connectivity index (χ2v) is 5.99. The van der Waals surface area contributed by atoms with Gasteiger partial charge in [-0.05, 0) is 29.5 Å². The van der Waals surface area contributed by atoms with E-state index in [1.54, 1.807) is 6.08 Å². The average molecular weight is 339 g/mol. The van der Waals surface area contributed by atoms with Crippen molar-refractivity contribution in [2.45, 2.75) is 13.3 Å². The Hall–Kier alpha value is -2.73. The van der Waals surface area contributed by atoms with Crippen LogP contribution in [-0.4, -0.2) is 27.3 Å². The number of allylic oxidation sites excluding steroid dienone is 1. The van der Waals surface area contributed by atoms with Gasteiger partial charge in [0.15, 0.2) is 5.82 Å². The van der Waals surface area contributed by atoms with E-state index in [1.807, 2.05) is 54.8 Å². The molecule has 0 radical (unpaired) electrons. The van der Waals surface area contributed by atoms with E-state index in [2.05, 4.69) is 10.1 Å². The highest BCUT2D eigenvalue weighted by Gasteiger charge is 2.17. The number of thiophene rings is 1. The van der Waals surface area contributed by atoms with E-state index in [0.29, 0.717) is 12.4 Å². The van der Waals surface area contributed by atoms with Gasteiger partial charge in [-0.25, -0.2) is 0 Å². The van der Waals surface area contributed by atoms with Crippen LogP contribution in [0, 0.1) is 0 Å². The topological polar surface area (TPSA) is 57.0 Å². The number of benzene rings is 1. The number of carbonyl (C=O) groups is 1. The number of rotatable bonds is 6. The lowest BCUT2D eigenvalue weighted by atomic mass is 10.2. The molecule has 3 aromatic rings. The van der Waals surface area contributed by atoms with Gasteiger partial charge in [-0.1, -0.05) is 43.3 Å². The zero-order valence-electron chi connectivity index (χ0n) is 13.3. The van der Waals surface area contributed by atoms with Gasteiger partial charge in [0.2, 0.25) is 0 Å². The SMILES string of the molecule is CCCOc1nc(-c2cccs2)n(C(=O)/C=C/c2ccccc2)n1. The molecule has 5 nitrogen and oxygen atoms in total. The van der Waals surface area contributed by atoms with E-state index in [-0.39, 0.29) is 11.9 Å². The molecule has 0 unspecified atom stereocenters. The van der Waals surface area contributed by atoms with Crippen molar-refractivity contribution < 1.29 is 9.53 Å². The summed E-state index contributed by atoms with van der Waals surface area (Å²) in [6.07, 6.45) is 4.10. The maximum absolute atomic E-state index is 12.5. The van der Waals surface area contributed by atoms with Gasteiger partial charge in [0, 0.05) is 6.08 Å². The molecular weight excluding hydrogens is 322 g/mol. The Balaban J connectivity index is 1.89.